The quantitative estimate of drug-likeness (QED) is 0.860. The zero-order valence-corrected chi connectivity index (χ0v) is 14.9. The summed E-state index contributed by atoms with van der Waals surface area (Å²) in [5.41, 5.74) is 6.65. The van der Waals surface area contributed by atoms with Crippen molar-refractivity contribution in [3.05, 3.63) is 60.2 Å². The van der Waals surface area contributed by atoms with Gasteiger partial charge in [0.05, 0.1) is 0 Å². The van der Waals surface area contributed by atoms with E-state index < -0.39 is 0 Å². The fraction of sp³-hybridized carbons (Fsp3) is 0.333. The first-order valence-corrected chi connectivity index (χ1v) is 8.89. The Morgan fingerprint density at radius 3 is 2.16 bits per heavy atom. The predicted molar refractivity (Wildman–Crippen MR) is 103 cm³/mol. The van der Waals surface area contributed by atoms with Gasteiger partial charge >= 0.3 is 0 Å². The van der Waals surface area contributed by atoms with Gasteiger partial charge in [-0.2, -0.15) is 5.10 Å². The SMILES string of the molecule is CC(C)N1CCC(=NNC(=O)c2ccc(-c3ccccc3)cc2)CC1. The van der Waals surface area contributed by atoms with Gasteiger partial charge in [0.2, 0.25) is 0 Å². The molecule has 25 heavy (non-hydrogen) atoms. The minimum absolute atomic E-state index is 0.154. The Labute approximate surface area is 149 Å². The van der Waals surface area contributed by atoms with Crippen LogP contribution in [0.15, 0.2) is 59.7 Å². The van der Waals surface area contributed by atoms with Crippen molar-refractivity contribution in [2.45, 2.75) is 32.7 Å². The van der Waals surface area contributed by atoms with Gasteiger partial charge in [-0.3, -0.25) is 4.79 Å². The van der Waals surface area contributed by atoms with Crippen molar-refractivity contribution < 1.29 is 4.79 Å². The smallest absolute Gasteiger partial charge is 0.271 e. The lowest BCUT2D eigenvalue weighted by molar-refractivity contribution is 0.0954. The van der Waals surface area contributed by atoms with Crippen LogP contribution < -0.4 is 5.43 Å². The third kappa shape index (κ3) is 4.54. The van der Waals surface area contributed by atoms with Crippen molar-refractivity contribution in [1.82, 2.24) is 10.3 Å². The maximum Gasteiger partial charge on any atom is 0.271 e. The highest BCUT2D eigenvalue weighted by atomic mass is 16.2. The van der Waals surface area contributed by atoms with E-state index in [0.717, 1.165) is 42.8 Å². The topological polar surface area (TPSA) is 44.7 Å². The Balaban J connectivity index is 1.58. The average molecular weight is 335 g/mol. The van der Waals surface area contributed by atoms with Crippen molar-refractivity contribution in [3.63, 3.8) is 0 Å². The number of rotatable bonds is 4. The Morgan fingerprint density at radius 2 is 1.56 bits per heavy atom. The van der Waals surface area contributed by atoms with E-state index in [1.54, 1.807) is 0 Å². The van der Waals surface area contributed by atoms with Gasteiger partial charge in [-0.1, -0.05) is 42.5 Å². The van der Waals surface area contributed by atoms with E-state index in [0.29, 0.717) is 11.6 Å². The van der Waals surface area contributed by atoms with Gasteiger partial charge in [0.1, 0.15) is 0 Å². The number of nitrogens with one attached hydrogen (secondary N) is 1. The molecule has 1 saturated heterocycles. The van der Waals surface area contributed by atoms with Crippen molar-refractivity contribution >= 4 is 11.6 Å². The molecular formula is C21H25N3O. The van der Waals surface area contributed by atoms with Gasteiger partial charge in [0.25, 0.3) is 5.91 Å². The van der Waals surface area contributed by atoms with Gasteiger partial charge in [-0.15, -0.1) is 0 Å². The minimum atomic E-state index is -0.154. The van der Waals surface area contributed by atoms with E-state index in [1.807, 2.05) is 42.5 Å². The van der Waals surface area contributed by atoms with Crippen molar-refractivity contribution in [2.75, 3.05) is 13.1 Å². The minimum Gasteiger partial charge on any atom is -0.300 e. The number of hydrazone groups is 1. The maximum atomic E-state index is 12.3. The monoisotopic (exact) mass is 335 g/mol. The first-order chi connectivity index (χ1) is 12.1. The second-order valence-corrected chi connectivity index (χ2v) is 6.69. The molecule has 1 amide bonds. The van der Waals surface area contributed by atoms with E-state index in [9.17, 15) is 4.79 Å². The van der Waals surface area contributed by atoms with E-state index in [4.69, 9.17) is 0 Å². The molecule has 0 aliphatic carbocycles. The van der Waals surface area contributed by atoms with Gasteiger partial charge in [0, 0.05) is 43.2 Å². The molecule has 1 N–H and O–H groups in total. The molecule has 4 nitrogen and oxygen atoms in total. The summed E-state index contributed by atoms with van der Waals surface area (Å²) >= 11 is 0. The van der Waals surface area contributed by atoms with E-state index in [-0.39, 0.29) is 5.91 Å². The molecule has 0 atom stereocenters. The van der Waals surface area contributed by atoms with E-state index >= 15 is 0 Å². The van der Waals surface area contributed by atoms with Crippen molar-refractivity contribution in [3.8, 4) is 11.1 Å². The lowest BCUT2D eigenvalue weighted by atomic mass is 10.0. The molecule has 0 unspecified atom stereocenters. The van der Waals surface area contributed by atoms with Crippen LogP contribution in [0.25, 0.3) is 11.1 Å². The number of amides is 1. The van der Waals surface area contributed by atoms with Crippen LogP contribution in [0.5, 0.6) is 0 Å². The first kappa shape index (κ1) is 17.4. The summed E-state index contributed by atoms with van der Waals surface area (Å²) in [6, 6.07) is 18.3. The molecule has 0 bridgehead atoms. The normalized spacial score (nSPS) is 15.2. The maximum absolute atomic E-state index is 12.3. The Bertz CT molecular complexity index is 725. The molecule has 0 saturated carbocycles. The summed E-state index contributed by atoms with van der Waals surface area (Å²) < 4.78 is 0. The first-order valence-electron chi connectivity index (χ1n) is 8.89. The molecule has 0 spiro atoms. The highest BCUT2D eigenvalue weighted by Crippen LogP contribution is 2.19. The summed E-state index contributed by atoms with van der Waals surface area (Å²) in [6.45, 7) is 6.45. The number of nitrogens with zero attached hydrogens (tertiary/aromatic N) is 2. The predicted octanol–water partition coefficient (Wildman–Crippen LogP) is 3.94. The Kier molecular flexibility index (Phi) is 5.61. The number of hydrogen-bond acceptors (Lipinski definition) is 3. The van der Waals surface area contributed by atoms with Crippen LogP contribution in [0.1, 0.15) is 37.0 Å². The molecule has 130 valence electrons. The van der Waals surface area contributed by atoms with Gasteiger partial charge in [0.15, 0.2) is 0 Å². The molecule has 1 aliphatic heterocycles. The van der Waals surface area contributed by atoms with Crippen molar-refractivity contribution in [1.29, 1.82) is 0 Å². The average Bonchev–Trinajstić information content (AvgIpc) is 2.67. The summed E-state index contributed by atoms with van der Waals surface area (Å²) in [7, 11) is 0. The molecule has 0 aromatic heterocycles. The number of carbonyl (C=O) groups excluding carboxylic acids is 1. The third-order valence-electron chi connectivity index (χ3n) is 4.68. The van der Waals surface area contributed by atoms with Crippen LogP contribution in [0, 0.1) is 0 Å². The number of carbonyl (C=O) groups is 1. The highest BCUT2D eigenvalue weighted by Gasteiger charge is 2.17. The summed E-state index contributed by atoms with van der Waals surface area (Å²) in [6.07, 6.45) is 1.84. The van der Waals surface area contributed by atoms with Crippen molar-refractivity contribution in [2.24, 2.45) is 5.10 Å². The van der Waals surface area contributed by atoms with Crippen LogP contribution in [0.4, 0.5) is 0 Å². The fourth-order valence-electron chi connectivity index (χ4n) is 3.05. The van der Waals surface area contributed by atoms with E-state index in [1.165, 1.54) is 0 Å². The number of benzene rings is 2. The van der Waals surface area contributed by atoms with Gasteiger partial charge in [-0.05, 0) is 37.1 Å². The second kappa shape index (κ2) is 8.08. The lowest BCUT2D eigenvalue weighted by Crippen LogP contribution is -2.39. The van der Waals surface area contributed by atoms with Crippen LogP contribution in [0.2, 0.25) is 0 Å². The number of hydrogen-bond donors (Lipinski definition) is 1. The zero-order valence-electron chi connectivity index (χ0n) is 14.9. The zero-order chi connectivity index (χ0) is 17.6. The summed E-state index contributed by atoms with van der Waals surface area (Å²) in [4.78, 5) is 14.7. The van der Waals surface area contributed by atoms with Crippen LogP contribution in [-0.4, -0.2) is 35.7 Å². The standard InChI is InChI=1S/C21H25N3O/c1-16(2)24-14-12-20(13-15-24)22-23-21(25)19-10-8-18(9-11-19)17-6-4-3-5-7-17/h3-11,16H,12-15H2,1-2H3,(H,23,25). The molecule has 1 fully saturated rings. The molecular weight excluding hydrogens is 310 g/mol. The number of piperidine rings is 1. The van der Waals surface area contributed by atoms with Crippen LogP contribution in [-0.2, 0) is 0 Å². The molecule has 1 aliphatic rings. The molecule has 2 aromatic rings. The number of likely N-dealkylation sites (tertiary alicyclic amines) is 1. The summed E-state index contributed by atoms with van der Waals surface area (Å²) in [5.74, 6) is -0.154. The third-order valence-corrected chi connectivity index (χ3v) is 4.68. The fourth-order valence-corrected chi connectivity index (χ4v) is 3.05. The van der Waals surface area contributed by atoms with Gasteiger partial charge in [-0.25, -0.2) is 5.43 Å². The highest BCUT2D eigenvalue weighted by molar-refractivity contribution is 5.96. The molecule has 4 heteroatoms. The Morgan fingerprint density at radius 1 is 0.960 bits per heavy atom. The van der Waals surface area contributed by atoms with Crippen LogP contribution >= 0.6 is 0 Å². The van der Waals surface area contributed by atoms with Gasteiger partial charge < -0.3 is 4.90 Å². The molecule has 0 radical (unpaired) electrons. The van der Waals surface area contributed by atoms with E-state index in [2.05, 4.69) is 41.4 Å². The summed E-state index contributed by atoms with van der Waals surface area (Å²) in [5, 5.41) is 4.32. The molecule has 1 heterocycles. The lowest BCUT2D eigenvalue weighted by Gasteiger charge is -2.30. The second-order valence-electron chi connectivity index (χ2n) is 6.69. The van der Waals surface area contributed by atoms with Crippen LogP contribution in [0.3, 0.4) is 0 Å². The Hall–Kier alpha value is -2.46. The molecule has 2 aromatic carbocycles. The largest absolute Gasteiger partial charge is 0.300 e. The molecule has 3 rings (SSSR count).